The van der Waals surface area contributed by atoms with Gasteiger partial charge >= 0.3 is 5.97 Å². The molecule has 0 aliphatic rings. The van der Waals surface area contributed by atoms with Gasteiger partial charge in [-0.3, -0.25) is 9.59 Å². The summed E-state index contributed by atoms with van der Waals surface area (Å²) in [5.41, 5.74) is 1.04. The molecule has 2 aromatic rings. The number of carbonyl (C=O) groups is 2. The fourth-order valence-corrected chi connectivity index (χ4v) is 2.52. The van der Waals surface area contributed by atoms with Gasteiger partial charge in [-0.05, 0) is 30.9 Å². The minimum absolute atomic E-state index is 0.0733. The normalized spacial score (nSPS) is 10.5. The molecule has 0 aliphatic carbocycles. The highest BCUT2D eigenvalue weighted by molar-refractivity contribution is 5.93. The lowest BCUT2D eigenvalue weighted by Crippen LogP contribution is -2.14. The molecular weight excluding hydrogens is 308 g/mol. The molecule has 0 aliphatic heterocycles. The highest BCUT2D eigenvalue weighted by Crippen LogP contribution is 2.37. The van der Waals surface area contributed by atoms with Crippen molar-refractivity contribution in [2.24, 2.45) is 0 Å². The molecule has 0 bridgehead atoms. The number of ether oxygens (including phenoxy) is 3. The van der Waals surface area contributed by atoms with Crippen LogP contribution in [0.5, 0.6) is 11.5 Å². The fourth-order valence-electron chi connectivity index (χ4n) is 2.52. The van der Waals surface area contributed by atoms with Gasteiger partial charge in [-0.15, -0.1) is 0 Å². The maximum atomic E-state index is 11.9. The van der Waals surface area contributed by atoms with Crippen molar-refractivity contribution in [2.45, 2.75) is 26.7 Å². The van der Waals surface area contributed by atoms with Gasteiger partial charge in [-0.25, -0.2) is 0 Å². The van der Waals surface area contributed by atoms with Crippen LogP contribution in [0.15, 0.2) is 30.3 Å². The van der Waals surface area contributed by atoms with E-state index in [2.05, 4.69) is 0 Å². The predicted octanol–water partition coefficient (Wildman–Crippen LogP) is 3.45. The average Bonchev–Trinajstić information content (AvgIpc) is 2.58. The van der Waals surface area contributed by atoms with Gasteiger partial charge < -0.3 is 14.2 Å². The van der Waals surface area contributed by atoms with Gasteiger partial charge in [0.25, 0.3) is 0 Å². The molecule has 0 N–H and O–H groups in total. The summed E-state index contributed by atoms with van der Waals surface area (Å²) in [4.78, 5) is 23.2. The third kappa shape index (κ3) is 4.25. The van der Waals surface area contributed by atoms with Gasteiger partial charge in [-0.2, -0.15) is 0 Å². The van der Waals surface area contributed by atoms with Crippen LogP contribution in [0.3, 0.4) is 0 Å². The molecule has 2 aromatic carbocycles. The lowest BCUT2D eigenvalue weighted by Gasteiger charge is -2.14. The van der Waals surface area contributed by atoms with Gasteiger partial charge in [0, 0.05) is 11.8 Å². The second-order valence-electron chi connectivity index (χ2n) is 5.40. The monoisotopic (exact) mass is 330 g/mol. The summed E-state index contributed by atoms with van der Waals surface area (Å²) in [6, 6.07) is 9.73. The molecule has 2 rings (SSSR count). The molecule has 0 atom stereocenters. The van der Waals surface area contributed by atoms with Crippen molar-refractivity contribution >= 4 is 22.5 Å². The van der Waals surface area contributed by atoms with Crippen molar-refractivity contribution in [3.8, 4) is 11.5 Å². The van der Waals surface area contributed by atoms with E-state index >= 15 is 0 Å². The number of fused-ring (bicyclic) bond motifs is 1. The van der Waals surface area contributed by atoms with Crippen LogP contribution in [-0.4, -0.2) is 32.1 Å². The van der Waals surface area contributed by atoms with E-state index in [9.17, 15) is 9.59 Å². The topological polar surface area (TPSA) is 61.8 Å². The molecule has 24 heavy (non-hydrogen) atoms. The van der Waals surface area contributed by atoms with Crippen molar-refractivity contribution in [3.63, 3.8) is 0 Å². The molecule has 0 saturated heterocycles. The summed E-state index contributed by atoms with van der Waals surface area (Å²) < 4.78 is 15.9. The molecule has 0 spiro atoms. The Bertz CT molecular complexity index is 736. The van der Waals surface area contributed by atoms with Crippen LogP contribution in [0.2, 0.25) is 0 Å². The summed E-state index contributed by atoms with van der Waals surface area (Å²) in [6.45, 7) is 3.93. The van der Waals surface area contributed by atoms with Crippen LogP contribution >= 0.6 is 0 Å². The van der Waals surface area contributed by atoms with E-state index in [-0.39, 0.29) is 31.2 Å². The molecule has 0 heterocycles. The number of Topliss-reactive ketones (excluding diaryl/α,β-unsaturated/α-hetero) is 1. The molecular formula is C19H22O5. The summed E-state index contributed by atoms with van der Waals surface area (Å²) in [7, 11) is 1.58. The number of carbonyl (C=O) groups excluding carboxylic acids is 2. The highest BCUT2D eigenvalue weighted by atomic mass is 16.5. The quantitative estimate of drug-likeness (QED) is 0.694. The maximum Gasteiger partial charge on any atom is 0.306 e. The zero-order valence-corrected chi connectivity index (χ0v) is 14.3. The van der Waals surface area contributed by atoms with Gasteiger partial charge in [0.2, 0.25) is 0 Å². The van der Waals surface area contributed by atoms with Crippen LogP contribution < -0.4 is 9.47 Å². The van der Waals surface area contributed by atoms with Gasteiger partial charge in [0.15, 0.2) is 17.3 Å². The molecule has 0 amide bonds. The molecule has 0 aromatic heterocycles. The third-order valence-corrected chi connectivity index (χ3v) is 3.67. The van der Waals surface area contributed by atoms with Crippen LogP contribution in [0, 0.1) is 6.92 Å². The summed E-state index contributed by atoms with van der Waals surface area (Å²) in [6.07, 6.45) is 0.178. The molecule has 128 valence electrons. The first-order valence-corrected chi connectivity index (χ1v) is 7.93. The first-order chi connectivity index (χ1) is 11.6. The number of esters is 1. The first kappa shape index (κ1) is 17.8. The van der Waals surface area contributed by atoms with E-state index in [1.54, 1.807) is 14.0 Å². The summed E-state index contributed by atoms with van der Waals surface area (Å²) in [5, 5.41) is 2.02. The molecule has 0 fully saturated rings. The SMILES string of the molecule is CCOC(=O)CCC(=O)COc1cc(C)c2ccccc2c1OC. The molecule has 5 heteroatoms. The molecule has 0 saturated carbocycles. The second kappa shape index (κ2) is 8.34. The van der Waals surface area contributed by atoms with E-state index in [1.807, 2.05) is 37.3 Å². The van der Waals surface area contributed by atoms with E-state index in [1.165, 1.54) is 0 Å². The van der Waals surface area contributed by atoms with Crippen molar-refractivity contribution in [1.82, 2.24) is 0 Å². The Morgan fingerprint density at radius 2 is 1.79 bits per heavy atom. The smallest absolute Gasteiger partial charge is 0.306 e. The number of hydrogen-bond donors (Lipinski definition) is 0. The van der Waals surface area contributed by atoms with E-state index < -0.39 is 0 Å². The zero-order chi connectivity index (χ0) is 17.5. The molecule has 5 nitrogen and oxygen atoms in total. The number of hydrogen-bond acceptors (Lipinski definition) is 5. The van der Waals surface area contributed by atoms with Gasteiger partial charge in [0.1, 0.15) is 6.61 Å². The van der Waals surface area contributed by atoms with Crippen LogP contribution in [0.1, 0.15) is 25.3 Å². The van der Waals surface area contributed by atoms with Crippen molar-refractivity contribution in [3.05, 3.63) is 35.9 Å². The van der Waals surface area contributed by atoms with Crippen molar-refractivity contribution in [2.75, 3.05) is 20.3 Å². The number of rotatable bonds is 8. The first-order valence-electron chi connectivity index (χ1n) is 7.93. The minimum atomic E-state index is -0.370. The third-order valence-electron chi connectivity index (χ3n) is 3.67. The van der Waals surface area contributed by atoms with Gasteiger partial charge in [0.05, 0.1) is 20.1 Å². The number of methoxy groups -OCH3 is 1. The summed E-state index contributed by atoms with van der Waals surface area (Å²) >= 11 is 0. The maximum absolute atomic E-state index is 11.9. The largest absolute Gasteiger partial charge is 0.492 e. The van der Waals surface area contributed by atoms with Crippen LogP contribution in [0.25, 0.3) is 10.8 Å². The van der Waals surface area contributed by atoms with Crippen LogP contribution in [-0.2, 0) is 14.3 Å². The Morgan fingerprint density at radius 3 is 2.46 bits per heavy atom. The molecule has 0 unspecified atom stereocenters. The van der Waals surface area contributed by atoms with Crippen LogP contribution in [0.4, 0.5) is 0 Å². The average molecular weight is 330 g/mol. The zero-order valence-electron chi connectivity index (χ0n) is 14.3. The van der Waals surface area contributed by atoms with Crippen molar-refractivity contribution < 1.29 is 23.8 Å². The Morgan fingerprint density at radius 1 is 1.08 bits per heavy atom. The Balaban J connectivity index is 2.07. The van der Waals surface area contributed by atoms with Crippen molar-refractivity contribution in [1.29, 1.82) is 0 Å². The van der Waals surface area contributed by atoms with E-state index in [4.69, 9.17) is 14.2 Å². The number of aryl methyl sites for hydroxylation is 1. The number of ketones is 1. The minimum Gasteiger partial charge on any atom is -0.492 e. The fraction of sp³-hybridized carbons (Fsp3) is 0.368. The summed E-state index contributed by atoms with van der Waals surface area (Å²) in [5.74, 6) is 0.605. The molecule has 0 radical (unpaired) electrons. The second-order valence-corrected chi connectivity index (χ2v) is 5.40. The standard InChI is InChI=1S/C19H22O5/c1-4-23-18(21)10-9-14(20)12-24-17-11-13(2)15-7-5-6-8-16(15)19(17)22-3/h5-8,11H,4,9-10,12H2,1-3H3. The lowest BCUT2D eigenvalue weighted by atomic mass is 10.0. The Hall–Kier alpha value is -2.56. The Labute approximate surface area is 141 Å². The Kier molecular flexibility index (Phi) is 6.18. The highest BCUT2D eigenvalue weighted by Gasteiger charge is 2.14. The number of benzene rings is 2. The predicted molar refractivity (Wildman–Crippen MR) is 91.6 cm³/mol. The lowest BCUT2D eigenvalue weighted by molar-refractivity contribution is -0.144. The van der Waals surface area contributed by atoms with E-state index in [0.29, 0.717) is 18.1 Å². The van der Waals surface area contributed by atoms with Gasteiger partial charge in [-0.1, -0.05) is 24.3 Å². The van der Waals surface area contributed by atoms with E-state index in [0.717, 1.165) is 16.3 Å².